The lowest BCUT2D eigenvalue weighted by Crippen LogP contribution is -1.79. The minimum atomic E-state index is 0.222. The number of unbranched alkanes of at least 4 members (excludes halogenated alkanes) is 1. The molecule has 0 unspecified atom stereocenters. The fourth-order valence-electron chi connectivity index (χ4n) is 1.01. The molecular formula is C12H14OS. The summed E-state index contributed by atoms with van der Waals surface area (Å²) in [7, 11) is 0. The third kappa shape index (κ3) is 3.87. The molecule has 0 amide bonds. The molecule has 0 atom stereocenters. The molecule has 0 fully saturated rings. The molecule has 1 rings (SSSR count). The molecule has 0 heterocycles. The summed E-state index contributed by atoms with van der Waals surface area (Å²) >= 11 is 1.73. The van der Waals surface area contributed by atoms with Gasteiger partial charge in [-0.05, 0) is 36.9 Å². The normalized spacial score (nSPS) is 9.29. The highest BCUT2D eigenvalue weighted by Crippen LogP contribution is 2.14. The van der Waals surface area contributed by atoms with Crippen LogP contribution in [0.15, 0.2) is 29.2 Å². The second-order valence-corrected chi connectivity index (χ2v) is 3.74. The third-order valence-electron chi connectivity index (χ3n) is 1.78. The molecular weight excluding hydrogens is 192 g/mol. The summed E-state index contributed by atoms with van der Waals surface area (Å²) in [5.74, 6) is 6.08. The minimum Gasteiger partial charge on any atom is -0.396 e. The largest absolute Gasteiger partial charge is 0.396 e. The Kier molecular flexibility index (Phi) is 5.21. The zero-order valence-electron chi connectivity index (χ0n) is 8.29. The van der Waals surface area contributed by atoms with Crippen molar-refractivity contribution < 1.29 is 5.11 Å². The molecule has 0 aliphatic carbocycles. The summed E-state index contributed by atoms with van der Waals surface area (Å²) in [6.45, 7) is 0.222. The number of rotatable bonds is 3. The molecule has 1 aromatic carbocycles. The number of benzene rings is 1. The van der Waals surface area contributed by atoms with Gasteiger partial charge in [-0.3, -0.25) is 0 Å². The molecule has 2 heteroatoms. The van der Waals surface area contributed by atoms with Crippen LogP contribution in [0.3, 0.4) is 0 Å². The molecule has 74 valence electrons. The lowest BCUT2D eigenvalue weighted by Gasteiger charge is -1.94. The fourth-order valence-corrected chi connectivity index (χ4v) is 1.41. The number of aliphatic hydroxyl groups is 1. The average molecular weight is 206 g/mol. The van der Waals surface area contributed by atoms with Gasteiger partial charge in [-0.15, -0.1) is 11.8 Å². The highest BCUT2D eigenvalue weighted by Gasteiger charge is 1.88. The monoisotopic (exact) mass is 206 g/mol. The third-order valence-corrected chi connectivity index (χ3v) is 2.53. The van der Waals surface area contributed by atoms with Gasteiger partial charge in [0.25, 0.3) is 0 Å². The van der Waals surface area contributed by atoms with Crippen molar-refractivity contribution in [2.75, 3.05) is 12.9 Å². The van der Waals surface area contributed by atoms with Crippen LogP contribution in [0.25, 0.3) is 0 Å². The Bertz CT molecular complexity index is 318. The van der Waals surface area contributed by atoms with Crippen molar-refractivity contribution in [2.24, 2.45) is 0 Å². The van der Waals surface area contributed by atoms with Gasteiger partial charge in [-0.1, -0.05) is 11.8 Å². The van der Waals surface area contributed by atoms with Gasteiger partial charge in [-0.25, -0.2) is 0 Å². The maximum Gasteiger partial charge on any atom is 0.0440 e. The molecule has 0 saturated heterocycles. The molecule has 1 N–H and O–H groups in total. The summed E-state index contributed by atoms with van der Waals surface area (Å²) in [6.07, 6.45) is 3.58. The Morgan fingerprint density at radius 1 is 1.29 bits per heavy atom. The van der Waals surface area contributed by atoms with Crippen LogP contribution in [0.1, 0.15) is 18.4 Å². The van der Waals surface area contributed by atoms with Crippen LogP contribution in [-0.2, 0) is 0 Å². The van der Waals surface area contributed by atoms with E-state index in [0.717, 1.165) is 18.4 Å². The van der Waals surface area contributed by atoms with E-state index < -0.39 is 0 Å². The van der Waals surface area contributed by atoms with E-state index in [4.69, 9.17) is 5.11 Å². The quantitative estimate of drug-likeness (QED) is 0.466. The molecule has 0 radical (unpaired) electrons. The van der Waals surface area contributed by atoms with Gasteiger partial charge in [0.15, 0.2) is 0 Å². The summed E-state index contributed by atoms with van der Waals surface area (Å²) < 4.78 is 0. The standard InChI is InChI=1S/C12H14OS/c1-14-12-8-6-11(7-9-12)5-3-2-4-10-13/h6-9,13H,2,4,10H2,1H3. The average Bonchev–Trinajstić information content (AvgIpc) is 2.25. The fraction of sp³-hybridized carbons (Fsp3) is 0.333. The first kappa shape index (κ1) is 11.2. The Morgan fingerprint density at radius 3 is 2.57 bits per heavy atom. The van der Waals surface area contributed by atoms with Crippen LogP contribution in [-0.4, -0.2) is 18.0 Å². The van der Waals surface area contributed by atoms with Crippen LogP contribution in [0.2, 0.25) is 0 Å². The first-order valence-corrected chi connectivity index (χ1v) is 5.83. The van der Waals surface area contributed by atoms with Crippen molar-refractivity contribution in [3.05, 3.63) is 29.8 Å². The van der Waals surface area contributed by atoms with E-state index in [0.29, 0.717) is 0 Å². The topological polar surface area (TPSA) is 20.2 Å². The minimum absolute atomic E-state index is 0.222. The second kappa shape index (κ2) is 6.53. The van der Waals surface area contributed by atoms with Gasteiger partial charge < -0.3 is 5.11 Å². The molecule has 0 aromatic heterocycles. The van der Waals surface area contributed by atoms with Crippen molar-refractivity contribution in [1.82, 2.24) is 0 Å². The first-order chi connectivity index (χ1) is 6.86. The lowest BCUT2D eigenvalue weighted by molar-refractivity contribution is 0.290. The predicted octanol–water partition coefficient (Wildman–Crippen LogP) is 2.53. The van der Waals surface area contributed by atoms with Gasteiger partial charge in [0.2, 0.25) is 0 Å². The van der Waals surface area contributed by atoms with Gasteiger partial charge >= 0.3 is 0 Å². The van der Waals surface area contributed by atoms with Gasteiger partial charge in [0.1, 0.15) is 0 Å². The first-order valence-electron chi connectivity index (χ1n) is 4.60. The highest BCUT2D eigenvalue weighted by molar-refractivity contribution is 7.98. The number of hydrogen-bond donors (Lipinski definition) is 1. The molecule has 14 heavy (non-hydrogen) atoms. The van der Waals surface area contributed by atoms with E-state index in [-0.39, 0.29) is 6.61 Å². The van der Waals surface area contributed by atoms with Crippen LogP contribution in [0.4, 0.5) is 0 Å². The number of hydrogen-bond acceptors (Lipinski definition) is 2. The molecule has 1 aromatic rings. The number of thioether (sulfide) groups is 1. The van der Waals surface area contributed by atoms with E-state index in [1.165, 1.54) is 4.90 Å². The Labute approximate surface area is 89.5 Å². The maximum atomic E-state index is 8.56. The van der Waals surface area contributed by atoms with Crippen molar-refractivity contribution in [1.29, 1.82) is 0 Å². The zero-order valence-corrected chi connectivity index (χ0v) is 9.10. The molecule has 0 aliphatic rings. The summed E-state index contributed by atoms with van der Waals surface area (Å²) in [4.78, 5) is 1.26. The van der Waals surface area contributed by atoms with E-state index in [1.807, 2.05) is 12.1 Å². The molecule has 0 saturated carbocycles. The van der Waals surface area contributed by atoms with Crippen LogP contribution in [0.5, 0.6) is 0 Å². The lowest BCUT2D eigenvalue weighted by atomic mass is 10.2. The van der Waals surface area contributed by atoms with Crippen molar-refractivity contribution in [2.45, 2.75) is 17.7 Å². The molecule has 0 bridgehead atoms. The van der Waals surface area contributed by atoms with Gasteiger partial charge in [-0.2, -0.15) is 0 Å². The van der Waals surface area contributed by atoms with E-state index >= 15 is 0 Å². The second-order valence-electron chi connectivity index (χ2n) is 2.86. The maximum absolute atomic E-state index is 8.56. The van der Waals surface area contributed by atoms with Gasteiger partial charge in [0, 0.05) is 23.5 Å². The Balaban J connectivity index is 2.53. The predicted molar refractivity (Wildman–Crippen MR) is 61.4 cm³/mol. The summed E-state index contributed by atoms with van der Waals surface area (Å²) in [5.41, 5.74) is 1.04. The Morgan fingerprint density at radius 2 is 2.00 bits per heavy atom. The SMILES string of the molecule is CSc1ccc(C#CCCCO)cc1. The van der Waals surface area contributed by atoms with Crippen molar-refractivity contribution >= 4 is 11.8 Å². The molecule has 0 aliphatic heterocycles. The smallest absolute Gasteiger partial charge is 0.0440 e. The van der Waals surface area contributed by atoms with Crippen molar-refractivity contribution in [3.63, 3.8) is 0 Å². The van der Waals surface area contributed by atoms with E-state index in [9.17, 15) is 0 Å². The van der Waals surface area contributed by atoms with E-state index in [1.54, 1.807) is 11.8 Å². The van der Waals surface area contributed by atoms with E-state index in [2.05, 4.69) is 30.2 Å². The van der Waals surface area contributed by atoms with Crippen LogP contribution in [0, 0.1) is 11.8 Å². The Hall–Kier alpha value is -0.910. The highest BCUT2D eigenvalue weighted by atomic mass is 32.2. The van der Waals surface area contributed by atoms with Gasteiger partial charge in [0.05, 0.1) is 0 Å². The zero-order chi connectivity index (χ0) is 10.2. The molecule has 0 spiro atoms. The number of aliphatic hydroxyl groups excluding tert-OH is 1. The summed E-state index contributed by atoms with van der Waals surface area (Å²) in [6, 6.07) is 8.19. The summed E-state index contributed by atoms with van der Waals surface area (Å²) in [5, 5.41) is 8.56. The van der Waals surface area contributed by atoms with Crippen molar-refractivity contribution in [3.8, 4) is 11.8 Å². The molecule has 1 nitrogen and oxygen atoms in total. The van der Waals surface area contributed by atoms with Crippen LogP contribution < -0.4 is 0 Å². The van der Waals surface area contributed by atoms with Crippen LogP contribution >= 0.6 is 11.8 Å².